The van der Waals surface area contributed by atoms with E-state index >= 15 is 0 Å². The number of alkyl halides is 1. The summed E-state index contributed by atoms with van der Waals surface area (Å²) in [6.07, 6.45) is 54.4. The van der Waals surface area contributed by atoms with Crippen LogP contribution in [0.4, 0.5) is 0 Å². The molecule has 0 aromatic rings. The molecule has 0 N–H and O–H groups in total. The van der Waals surface area contributed by atoms with Crippen molar-refractivity contribution in [3.05, 3.63) is 0 Å². The molecule has 0 aliphatic heterocycles. The quantitative estimate of drug-likeness (QED) is 0.0257. The smallest absolute Gasteiger partial charge is 0.150 e. The maximum atomic E-state index is 6.40. The number of hydrogen-bond acceptors (Lipinski definition) is 0. The second-order valence-electron chi connectivity index (χ2n) is 15.2. The minimum Gasteiger partial charge on any atom is -0.168 e. The zero-order chi connectivity index (χ0) is 32.1. The van der Waals surface area contributed by atoms with E-state index in [2.05, 4.69) is 29.0 Å². The van der Waals surface area contributed by atoms with Crippen molar-refractivity contribution < 1.29 is 0 Å². The maximum Gasteiger partial charge on any atom is 0.150 e. The Balaban J connectivity index is 3.05. The molecule has 0 spiro atoms. The minimum absolute atomic E-state index is 1.19. The predicted octanol–water partition coefficient (Wildman–Crippen LogP) is 17.3. The van der Waals surface area contributed by atoms with Crippen LogP contribution < -0.4 is 0 Å². The molecule has 0 radical (unpaired) electrons. The van der Waals surface area contributed by atoms with E-state index in [9.17, 15) is 0 Å². The molecule has 0 aliphatic carbocycles. The zero-order valence-corrected chi connectivity index (χ0v) is 34.2. The second-order valence-corrected chi connectivity index (χ2v) is 23.0. The van der Waals surface area contributed by atoms with Crippen molar-refractivity contribution >= 4 is 34.4 Å². The summed E-state index contributed by atoms with van der Waals surface area (Å²) in [5.41, 5.74) is 0. The fraction of sp³-hybridized carbons (Fsp3) is 1.00. The van der Waals surface area contributed by atoms with Crippen LogP contribution in [0.3, 0.4) is 0 Å². The summed E-state index contributed by atoms with van der Waals surface area (Å²) in [7, 11) is -1.31. The molecule has 0 aromatic heterocycles. The van der Waals surface area contributed by atoms with E-state index < -0.39 is 7.38 Å². The van der Waals surface area contributed by atoms with Crippen LogP contribution in [0.25, 0.3) is 0 Å². The number of unbranched alkanes of at least 4 members (excludes halogenated alkanes) is 36. The van der Waals surface area contributed by atoms with Gasteiger partial charge in [-0.05, 0) is 12.5 Å². The third-order valence-electron chi connectivity index (χ3n) is 9.90. The highest BCUT2D eigenvalue weighted by Crippen LogP contribution is 2.20. The highest BCUT2D eigenvalue weighted by Gasteiger charge is 2.15. The van der Waals surface area contributed by atoms with E-state index in [1.165, 1.54) is 249 Å². The molecule has 0 bridgehead atoms. The third-order valence-corrected chi connectivity index (χ3v) is 12.6. The van der Waals surface area contributed by atoms with Gasteiger partial charge in [0.15, 0.2) is 0 Å². The molecule has 3 heteroatoms. The Morgan fingerprint density at radius 3 is 0.545 bits per heavy atom. The lowest BCUT2D eigenvalue weighted by molar-refractivity contribution is 0.510. The molecule has 266 valence electrons. The molecule has 0 amide bonds. The van der Waals surface area contributed by atoms with Crippen LogP contribution in [-0.2, 0) is 0 Å². The van der Waals surface area contributed by atoms with E-state index in [1.807, 2.05) is 0 Å². The fourth-order valence-electron chi connectivity index (χ4n) is 6.83. The van der Waals surface area contributed by atoms with Crippen LogP contribution in [0.5, 0.6) is 0 Å². The van der Waals surface area contributed by atoms with Crippen LogP contribution in [-0.4, -0.2) is 12.7 Å². The van der Waals surface area contributed by atoms with Gasteiger partial charge in [-0.2, -0.15) is 11.1 Å². The van der Waals surface area contributed by atoms with E-state index in [0.29, 0.717) is 0 Å². The van der Waals surface area contributed by atoms with Gasteiger partial charge < -0.3 is 0 Å². The van der Waals surface area contributed by atoms with E-state index in [0.717, 1.165) is 0 Å². The lowest BCUT2D eigenvalue weighted by atomic mass is 10.0. The molecule has 44 heavy (non-hydrogen) atoms. The van der Waals surface area contributed by atoms with Gasteiger partial charge in [0.2, 0.25) is 0 Å². The molecule has 0 rings (SSSR count). The van der Waals surface area contributed by atoms with Crippen molar-refractivity contribution in [1.82, 2.24) is 0 Å². The summed E-state index contributed by atoms with van der Waals surface area (Å²) in [4.78, 5) is 0. The standard InChI is InChI=1S/C41H84BrClSi/c1-44(2,43)41-39-37-35-33-31-29-27-25-23-21-19-17-15-13-11-9-7-5-3-4-6-8-10-12-14-16-18-20-22-24-26-28-30-32-34-36-38-40-42/h3-41H2,1-2H3. The average Bonchev–Trinajstić information content (AvgIpc) is 3.00. The highest BCUT2D eigenvalue weighted by atomic mass is 79.9. The van der Waals surface area contributed by atoms with Crippen molar-refractivity contribution in [3.63, 3.8) is 0 Å². The molecule has 0 heterocycles. The number of hydrogen-bond donors (Lipinski definition) is 0. The average molecular weight is 721 g/mol. The summed E-state index contributed by atoms with van der Waals surface area (Å²) in [5, 5.41) is 1.19. The molecule has 0 unspecified atom stereocenters. The van der Waals surface area contributed by atoms with Crippen LogP contribution in [0.2, 0.25) is 19.1 Å². The van der Waals surface area contributed by atoms with Crippen LogP contribution >= 0.6 is 27.0 Å². The van der Waals surface area contributed by atoms with Crippen molar-refractivity contribution in [2.24, 2.45) is 0 Å². The van der Waals surface area contributed by atoms with E-state index in [-0.39, 0.29) is 0 Å². The summed E-state index contributed by atoms with van der Waals surface area (Å²) in [6, 6.07) is 1.30. The molecule has 0 fully saturated rings. The molecule has 0 atom stereocenters. The lowest BCUT2D eigenvalue weighted by Crippen LogP contribution is -2.14. The van der Waals surface area contributed by atoms with Crippen LogP contribution in [0.1, 0.15) is 238 Å². The fourth-order valence-corrected chi connectivity index (χ4v) is 8.72. The highest BCUT2D eigenvalue weighted by molar-refractivity contribution is 9.09. The van der Waals surface area contributed by atoms with Gasteiger partial charge in [-0.3, -0.25) is 0 Å². The Kier molecular flexibility index (Phi) is 39.3. The van der Waals surface area contributed by atoms with Gasteiger partial charge in [0, 0.05) is 5.33 Å². The SMILES string of the molecule is C[Si](C)(Cl)CCCCCCCCCCCCCCCCCCCCCCCCCCCCCCCCCCCCCCCBr. The van der Waals surface area contributed by atoms with Gasteiger partial charge in [0.25, 0.3) is 0 Å². The van der Waals surface area contributed by atoms with Gasteiger partial charge in [0.1, 0.15) is 7.38 Å². The molecule has 0 aliphatic rings. The normalized spacial score (nSPS) is 12.0. The first-order chi connectivity index (χ1) is 21.6. The third kappa shape index (κ3) is 43.0. The first-order valence-corrected chi connectivity index (χ1v) is 26.2. The van der Waals surface area contributed by atoms with Crippen molar-refractivity contribution in [3.8, 4) is 0 Å². The van der Waals surface area contributed by atoms with Gasteiger partial charge in [-0.25, -0.2) is 0 Å². The van der Waals surface area contributed by atoms with Crippen molar-refractivity contribution in [2.45, 2.75) is 257 Å². The van der Waals surface area contributed by atoms with Gasteiger partial charge >= 0.3 is 0 Å². The Labute approximate surface area is 295 Å². The summed E-state index contributed by atoms with van der Waals surface area (Å²) < 4.78 is 0. The first kappa shape index (κ1) is 45.0. The molecule has 0 saturated heterocycles. The minimum atomic E-state index is -1.31. The van der Waals surface area contributed by atoms with E-state index in [1.54, 1.807) is 0 Å². The Bertz CT molecular complexity index is 505. The molecule has 0 aromatic carbocycles. The second kappa shape index (κ2) is 38.4. The van der Waals surface area contributed by atoms with Crippen molar-refractivity contribution in [2.75, 3.05) is 5.33 Å². The number of halogens is 2. The Morgan fingerprint density at radius 1 is 0.273 bits per heavy atom. The van der Waals surface area contributed by atoms with Crippen LogP contribution in [0.15, 0.2) is 0 Å². The zero-order valence-electron chi connectivity index (χ0n) is 30.8. The lowest BCUT2D eigenvalue weighted by Gasteiger charge is -2.11. The van der Waals surface area contributed by atoms with Gasteiger partial charge in [0.05, 0.1) is 0 Å². The van der Waals surface area contributed by atoms with Crippen LogP contribution in [0, 0.1) is 0 Å². The Morgan fingerprint density at radius 2 is 0.409 bits per heavy atom. The molecular formula is C41H84BrClSi. The monoisotopic (exact) mass is 719 g/mol. The molecule has 0 saturated carbocycles. The molecular weight excluding hydrogens is 636 g/mol. The topological polar surface area (TPSA) is 0 Å². The Hall–Kier alpha value is 0.987. The van der Waals surface area contributed by atoms with Gasteiger partial charge in [-0.15, -0.1) is 0 Å². The predicted molar refractivity (Wildman–Crippen MR) is 213 cm³/mol. The first-order valence-electron chi connectivity index (χ1n) is 20.8. The summed E-state index contributed by atoms with van der Waals surface area (Å²) in [5.74, 6) is 0. The van der Waals surface area contributed by atoms with Crippen molar-refractivity contribution in [1.29, 1.82) is 0 Å². The largest absolute Gasteiger partial charge is 0.168 e. The molecule has 0 nitrogen and oxygen atoms in total. The maximum absolute atomic E-state index is 6.40. The summed E-state index contributed by atoms with van der Waals surface area (Å²) >= 11 is 9.93. The number of rotatable bonds is 39. The summed E-state index contributed by atoms with van der Waals surface area (Å²) in [6.45, 7) is 4.55. The van der Waals surface area contributed by atoms with E-state index in [4.69, 9.17) is 11.1 Å². The van der Waals surface area contributed by atoms with Gasteiger partial charge in [-0.1, -0.05) is 260 Å².